The van der Waals surface area contributed by atoms with E-state index in [0.717, 1.165) is 48.7 Å². The van der Waals surface area contributed by atoms with Gasteiger partial charge in [0.05, 0.1) is 0 Å². The minimum absolute atomic E-state index is 0.172. The molecular weight excluding hydrogens is 416 g/mol. The third-order valence-electron chi connectivity index (χ3n) is 5.24. The fraction of sp³-hybridized carbons (Fsp3) is 0.194. The molecule has 0 radical (unpaired) electrons. The second-order valence-electron chi connectivity index (χ2n) is 7.83. The SMILES string of the molecule is C=CCN(CC=C)c1ccccc1/C=C/CC(=O)C/C=C/c1ccccc1N(CC=C)CC=C. The van der Waals surface area contributed by atoms with Crippen LogP contribution < -0.4 is 9.80 Å². The maximum absolute atomic E-state index is 12.5. The summed E-state index contributed by atoms with van der Waals surface area (Å²) in [4.78, 5) is 16.9. The molecule has 0 aliphatic heterocycles. The number of carbonyl (C=O) groups excluding carboxylic acids is 1. The molecule has 34 heavy (non-hydrogen) atoms. The van der Waals surface area contributed by atoms with Crippen molar-refractivity contribution in [3.63, 3.8) is 0 Å². The van der Waals surface area contributed by atoms with Crippen molar-refractivity contribution in [1.29, 1.82) is 0 Å². The highest BCUT2D eigenvalue weighted by molar-refractivity contribution is 5.83. The molecule has 176 valence electrons. The molecule has 0 fully saturated rings. The molecule has 0 aromatic heterocycles. The lowest BCUT2D eigenvalue weighted by Gasteiger charge is -2.23. The monoisotopic (exact) mass is 452 g/mol. The van der Waals surface area contributed by atoms with Crippen LogP contribution in [0, 0.1) is 0 Å². The molecule has 3 nitrogen and oxygen atoms in total. The highest BCUT2D eigenvalue weighted by atomic mass is 16.1. The number of allylic oxidation sites excluding steroid dienone is 2. The van der Waals surface area contributed by atoms with E-state index < -0.39 is 0 Å². The largest absolute Gasteiger partial charge is 0.364 e. The van der Waals surface area contributed by atoms with E-state index in [1.807, 2.05) is 72.9 Å². The van der Waals surface area contributed by atoms with E-state index in [0.29, 0.717) is 12.8 Å². The molecule has 0 aliphatic rings. The van der Waals surface area contributed by atoms with Crippen LogP contribution in [0.15, 0.2) is 111 Å². The van der Waals surface area contributed by atoms with Gasteiger partial charge in [-0.15, -0.1) is 26.3 Å². The van der Waals surface area contributed by atoms with Crippen LogP contribution in [0.25, 0.3) is 12.2 Å². The highest BCUT2D eigenvalue weighted by Gasteiger charge is 2.08. The van der Waals surface area contributed by atoms with Gasteiger partial charge in [-0.25, -0.2) is 0 Å². The van der Waals surface area contributed by atoms with Crippen molar-refractivity contribution in [1.82, 2.24) is 0 Å². The summed E-state index contributed by atoms with van der Waals surface area (Å²) in [6.07, 6.45) is 16.2. The molecule has 0 saturated heterocycles. The van der Waals surface area contributed by atoms with Crippen molar-refractivity contribution in [2.45, 2.75) is 12.8 Å². The molecule has 2 aromatic carbocycles. The summed E-state index contributed by atoms with van der Waals surface area (Å²) in [7, 11) is 0. The predicted molar refractivity (Wildman–Crippen MR) is 150 cm³/mol. The topological polar surface area (TPSA) is 23.6 Å². The predicted octanol–water partition coefficient (Wildman–Crippen LogP) is 7.12. The summed E-state index contributed by atoms with van der Waals surface area (Å²) in [6.45, 7) is 18.3. The van der Waals surface area contributed by atoms with Gasteiger partial charge in [0, 0.05) is 50.4 Å². The highest BCUT2D eigenvalue weighted by Crippen LogP contribution is 2.23. The molecule has 0 N–H and O–H groups in total. The number of Topliss-reactive ketones (excluding diaryl/α,β-unsaturated/α-hetero) is 1. The Bertz CT molecular complexity index is 930. The van der Waals surface area contributed by atoms with E-state index in [1.54, 1.807) is 0 Å². The van der Waals surface area contributed by atoms with E-state index in [4.69, 9.17) is 0 Å². The number of nitrogens with zero attached hydrogens (tertiary/aromatic N) is 2. The summed E-state index contributed by atoms with van der Waals surface area (Å²) in [5.74, 6) is 0.172. The summed E-state index contributed by atoms with van der Waals surface area (Å²) in [6, 6.07) is 16.3. The second-order valence-corrected chi connectivity index (χ2v) is 7.83. The van der Waals surface area contributed by atoms with Gasteiger partial charge in [-0.3, -0.25) is 4.79 Å². The Labute approximate surface area is 205 Å². The molecule has 0 spiro atoms. The molecule has 0 aliphatic carbocycles. The van der Waals surface area contributed by atoms with Gasteiger partial charge < -0.3 is 9.80 Å². The summed E-state index contributed by atoms with van der Waals surface area (Å²) in [5, 5.41) is 0. The quantitative estimate of drug-likeness (QED) is 0.253. The molecule has 0 bridgehead atoms. The number of benzene rings is 2. The Morgan fingerprint density at radius 1 is 0.618 bits per heavy atom. The number of ketones is 1. The third kappa shape index (κ3) is 8.25. The van der Waals surface area contributed by atoms with E-state index in [2.05, 4.69) is 60.4 Å². The first kappa shape index (κ1) is 26.4. The zero-order valence-electron chi connectivity index (χ0n) is 20.1. The van der Waals surface area contributed by atoms with Crippen molar-refractivity contribution >= 4 is 29.3 Å². The summed E-state index contributed by atoms with van der Waals surface area (Å²) < 4.78 is 0. The van der Waals surface area contributed by atoms with Crippen LogP contribution in [0.4, 0.5) is 11.4 Å². The Morgan fingerprint density at radius 3 is 1.32 bits per heavy atom. The fourth-order valence-corrected chi connectivity index (χ4v) is 3.72. The van der Waals surface area contributed by atoms with Gasteiger partial charge in [0.25, 0.3) is 0 Å². The Kier molecular flexibility index (Phi) is 11.7. The van der Waals surface area contributed by atoms with Crippen molar-refractivity contribution < 1.29 is 4.79 Å². The molecule has 0 amide bonds. The summed E-state index contributed by atoms with van der Waals surface area (Å²) in [5.41, 5.74) is 4.36. The number of hydrogen-bond donors (Lipinski definition) is 0. The molecule has 0 saturated carbocycles. The first-order valence-electron chi connectivity index (χ1n) is 11.6. The second kappa shape index (κ2) is 15.1. The maximum atomic E-state index is 12.5. The molecule has 0 atom stereocenters. The number of carbonyl (C=O) groups is 1. The molecular formula is C31H36N2O. The van der Waals surface area contributed by atoms with Crippen LogP contribution in [0.2, 0.25) is 0 Å². The Morgan fingerprint density at radius 2 is 0.971 bits per heavy atom. The number of para-hydroxylation sites is 2. The molecule has 2 rings (SSSR count). The fourth-order valence-electron chi connectivity index (χ4n) is 3.72. The Balaban J connectivity index is 2.03. The van der Waals surface area contributed by atoms with Crippen LogP contribution in [0.5, 0.6) is 0 Å². The maximum Gasteiger partial charge on any atom is 0.140 e. The average Bonchev–Trinajstić information content (AvgIpc) is 2.84. The van der Waals surface area contributed by atoms with Crippen LogP contribution in [-0.2, 0) is 4.79 Å². The van der Waals surface area contributed by atoms with Crippen molar-refractivity contribution in [3.8, 4) is 0 Å². The number of anilines is 2. The standard InChI is InChI=1S/C31H36N2O/c1-5-23-32(24-6-2)30-21-11-9-15-27(30)17-13-19-29(34)20-14-18-28-16-10-12-22-31(28)33(25-7-3)26-8-4/h5-18,21-22H,1-4,19-20,23-26H2/b17-13+,18-14+. The smallest absolute Gasteiger partial charge is 0.140 e. The van der Waals surface area contributed by atoms with Crippen molar-refractivity contribution in [3.05, 3.63) is 122 Å². The van der Waals surface area contributed by atoms with Gasteiger partial charge >= 0.3 is 0 Å². The third-order valence-corrected chi connectivity index (χ3v) is 5.24. The van der Waals surface area contributed by atoms with E-state index in [1.165, 1.54) is 0 Å². The number of hydrogen-bond acceptors (Lipinski definition) is 3. The van der Waals surface area contributed by atoms with Gasteiger partial charge in [0.2, 0.25) is 0 Å². The minimum atomic E-state index is 0.172. The Hall–Kier alpha value is -3.85. The van der Waals surface area contributed by atoms with Gasteiger partial charge in [0.1, 0.15) is 5.78 Å². The van der Waals surface area contributed by atoms with E-state index in [-0.39, 0.29) is 5.78 Å². The van der Waals surface area contributed by atoms with E-state index >= 15 is 0 Å². The van der Waals surface area contributed by atoms with Crippen LogP contribution in [0.3, 0.4) is 0 Å². The van der Waals surface area contributed by atoms with Gasteiger partial charge in [-0.2, -0.15) is 0 Å². The lowest BCUT2D eigenvalue weighted by atomic mass is 10.1. The van der Waals surface area contributed by atoms with Crippen LogP contribution in [-0.4, -0.2) is 32.0 Å². The average molecular weight is 453 g/mol. The zero-order chi connectivity index (χ0) is 24.6. The lowest BCUT2D eigenvalue weighted by molar-refractivity contribution is -0.117. The zero-order valence-corrected chi connectivity index (χ0v) is 20.1. The van der Waals surface area contributed by atoms with E-state index in [9.17, 15) is 4.79 Å². The molecule has 2 aromatic rings. The first-order valence-corrected chi connectivity index (χ1v) is 11.6. The van der Waals surface area contributed by atoms with Gasteiger partial charge in [-0.05, 0) is 23.3 Å². The summed E-state index contributed by atoms with van der Waals surface area (Å²) >= 11 is 0. The minimum Gasteiger partial charge on any atom is -0.364 e. The van der Waals surface area contributed by atoms with Gasteiger partial charge in [0.15, 0.2) is 0 Å². The van der Waals surface area contributed by atoms with Crippen LogP contribution in [0.1, 0.15) is 24.0 Å². The van der Waals surface area contributed by atoms with Crippen LogP contribution >= 0.6 is 0 Å². The molecule has 0 unspecified atom stereocenters. The lowest BCUT2D eigenvalue weighted by Crippen LogP contribution is -2.23. The normalized spacial score (nSPS) is 10.8. The van der Waals surface area contributed by atoms with Crippen molar-refractivity contribution in [2.75, 3.05) is 36.0 Å². The molecule has 3 heteroatoms. The molecule has 0 heterocycles. The van der Waals surface area contributed by atoms with Gasteiger partial charge in [-0.1, -0.05) is 85.0 Å². The van der Waals surface area contributed by atoms with Crippen molar-refractivity contribution in [2.24, 2.45) is 0 Å². The first-order chi connectivity index (χ1) is 16.6. The number of rotatable bonds is 16.